The van der Waals surface area contributed by atoms with Crippen LogP contribution in [0, 0.1) is 52.3 Å². The lowest BCUT2D eigenvalue weighted by molar-refractivity contribution is -0.153. The number of nitrogens with zero attached hydrogens (tertiary/aromatic N) is 1. The van der Waals surface area contributed by atoms with Gasteiger partial charge in [-0.2, -0.15) is 0 Å². The van der Waals surface area contributed by atoms with Gasteiger partial charge in [-0.3, -0.25) is 4.79 Å². The van der Waals surface area contributed by atoms with E-state index in [0.29, 0.717) is 11.8 Å². The van der Waals surface area contributed by atoms with Crippen molar-refractivity contribution in [1.29, 1.82) is 0 Å². The molecule has 224 valence electrons. The Hall–Kier alpha value is -1.62. The maximum absolute atomic E-state index is 12.8. The number of nitrogens with one attached hydrogen (secondary N) is 1. The third kappa shape index (κ3) is 5.57. The van der Waals surface area contributed by atoms with E-state index in [0.717, 1.165) is 66.4 Å². The fourth-order valence-corrected chi connectivity index (χ4v) is 10.4. The van der Waals surface area contributed by atoms with Crippen LogP contribution in [0.4, 0.5) is 0 Å². The number of aromatic amines is 1. The first-order valence-corrected chi connectivity index (χ1v) is 16.7. The molecular weight excluding hydrogens is 494 g/mol. The van der Waals surface area contributed by atoms with Crippen molar-refractivity contribution in [2.45, 2.75) is 131 Å². The zero-order valence-corrected chi connectivity index (χ0v) is 26.3. The Labute approximate surface area is 243 Å². The van der Waals surface area contributed by atoms with Crippen molar-refractivity contribution in [1.82, 2.24) is 9.97 Å². The van der Waals surface area contributed by atoms with Crippen LogP contribution in [0.2, 0.25) is 0 Å². The lowest BCUT2D eigenvalue weighted by Crippen LogP contribution is -2.51. The summed E-state index contributed by atoms with van der Waals surface area (Å²) >= 11 is 0. The van der Waals surface area contributed by atoms with Crippen LogP contribution in [0.5, 0.6) is 0 Å². The molecular formula is C35H57N3O2. The van der Waals surface area contributed by atoms with Crippen molar-refractivity contribution in [3.8, 4) is 0 Å². The maximum Gasteiger partial charge on any atom is 0.323 e. The Kier molecular flexibility index (Phi) is 8.91. The van der Waals surface area contributed by atoms with E-state index < -0.39 is 6.04 Å². The molecule has 0 aliphatic heterocycles. The van der Waals surface area contributed by atoms with Gasteiger partial charge < -0.3 is 15.5 Å². The summed E-state index contributed by atoms with van der Waals surface area (Å²) in [7, 11) is 0. The van der Waals surface area contributed by atoms with Crippen molar-refractivity contribution in [2.75, 3.05) is 0 Å². The highest BCUT2D eigenvalue weighted by Crippen LogP contribution is 2.67. The van der Waals surface area contributed by atoms with Gasteiger partial charge in [0.15, 0.2) is 0 Å². The van der Waals surface area contributed by atoms with E-state index in [4.69, 9.17) is 10.5 Å². The first kappa shape index (κ1) is 29.9. The van der Waals surface area contributed by atoms with Crippen molar-refractivity contribution in [3.05, 3.63) is 29.9 Å². The molecule has 10 atom stereocenters. The summed E-state index contributed by atoms with van der Waals surface area (Å²) in [6.45, 7) is 15.0. The molecule has 0 radical (unpaired) electrons. The molecule has 1 aromatic heterocycles. The number of ether oxygens (including phenoxy) is 1. The molecule has 1 unspecified atom stereocenters. The van der Waals surface area contributed by atoms with Gasteiger partial charge in [-0.1, -0.05) is 66.0 Å². The molecule has 0 aromatic carbocycles. The van der Waals surface area contributed by atoms with Crippen LogP contribution < -0.4 is 5.73 Å². The first-order chi connectivity index (χ1) is 19.1. The molecule has 5 rings (SSSR count). The van der Waals surface area contributed by atoms with E-state index in [1.807, 2.05) is 0 Å². The molecule has 0 amide bonds. The zero-order chi connectivity index (χ0) is 28.7. The number of rotatable bonds is 10. The molecule has 4 aliphatic carbocycles. The fraction of sp³-hybridized carbons (Fsp3) is 0.829. The van der Waals surface area contributed by atoms with E-state index in [-0.39, 0.29) is 17.5 Å². The van der Waals surface area contributed by atoms with Gasteiger partial charge in [-0.15, -0.1) is 0 Å². The minimum Gasteiger partial charge on any atom is -0.461 e. The maximum atomic E-state index is 12.8. The topological polar surface area (TPSA) is 81.0 Å². The van der Waals surface area contributed by atoms with E-state index in [1.165, 1.54) is 51.4 Å². The Morgan fingerprint density at radius 1 is 1.12 bits per heavy atom. The molecule has 3 saturated carbocycles. The van der Waals surface area contributed by atoms with Crippen LogP contribution in [0.15, 0.2) is 24.2 Å². The molecule has 1 heterocycles. The largest absolute Gasteiger partial charge is 0.461 e. The standard InChI is InChI=1S/C35H57N3O2/c1-7-24(22(2)3)9-8-23(4)29-12-13-30-28-11-10-25-18-27(40-33(39)32(36)19-26-20-37-21-38-26)14-16-34(25,5)31(28)15-17-35(29,30)6/h10,20-24,27-32H,7-9,11-19,36H2,1-6H3,(H,37,38)/t23-,24+,27+,28+,29-,30+,31+,32?,34+,35-/m1/s1. The number of fused-ring (bicyclic) bond motifs is 5. The molecule has 1 aromatic rings. The lowest BCUT2D eigenvalue weighted by atomic mass is 9.47. The van der Waals surface area contributed by atoms with Gasteiger partial charge in [0, 0.05) is 24.7 Å². The van der Waals surface area contributed by atoms with Gasteiger partial charge in [-0.25, -0.2) is 4.98 Å². The number of imidazole rings is 1. The van der Waals surface area contributed by atoms with Crippen LogP contribution in [0.3, 0.4) is 0 Å². The second-order valence-corrected chi connectivity index (χ2v) is 15.1. The highest BCUT2D eigenvalue weighted by atomic mass is 16.5. The van der Waals surface area contributed by atoms with Crippen LogP contribution in [-0.4, -0.2) is 28.1 Å². The molecule has 0 spiro atoms. The predicted molar refractivity (Wildman–Crippen MR) is 162 cm³/mol. The fourth-order valence-electron chi connectivity index (χ4n) is 10.4. The minimum atomic E-state index is -0.648. The summed E-state index contributed by atoms with van der Waals surface area (Å²) in [6, 6.07) is -0.648. The van der Waals surface area contributed by atoms with Gasteiger partial charge in [0.25, 0.3) is 0 Å². The Bertz CT molecular complexity index is 1030. The molecule has 40 heavy (non-hydrogen) atoms. The van der Waals surface area contributed by atoms with Gasteiger partial charge >= 0.3 is 5.97 Å². The minimum absolute atomic E-state index is 0.0421. The number of esters is 1. The average molecular weight is 552 g/mol. The lowest BCUT2D eigenvalue weighted by Gasteiger charge is -2.58. The van der Waals surface area contributed by atoms with Gasteiger partial charge in [0.1, 0.15) is 12.1 Å². The van der Waals surface area contributed by atoms with Crippen LogP contribution in [0.25, 0.3) is 0 Å². The molecule has 5 heteroatoms. The molecule has 4 aliphatic rings. The molecule has 5 nitrogen and oxygen atoms in total. The SMILES string of the molecule is CC[C@@H](CC[C@@H](C)[C@H]1CC[C@H]2[C@@H]3CC=C4C[C@@H](OC(=O)C(N)Cc5cnc[nH]5)CC[C@]4(C)[C@H]3CC[C@]12C)C(C)C. The van der Waals surface area contributed by atoms with Crippen molar-refractivity contribution < 1.29 is 9.53 Å². The van der Waals surface area contributed by atoms with Gasteiger partial charge in [-0.05, 0) is 104 Å². The monoisotopic (exact) mass is 551 g/mol. The second-order valence-electron chi connectivity index (χ2n) is 15.1. The highest BCUT2D eigenvalue weighted by Gasteiger charge is 2.59. The highest BCUT2D eigenvalue weighted by molar-refractivity contribution is 5.76. The van der Waals surface area contributed by atoms with Crippen molar-refractivity contribution >= 4 is 5.97 Å². The number of hydrogen-bond acceptors (Lipinski definition) is 4. The summed E-state index contributed by atoms with van der Waals surface area (Å²) in [5, 5.41) is 0. The zero-order valence-electron chi connectivity index (χ0n) is 26.3. The van der Waals surface area contributed by atoms with Crippen molar-refractivity contribution in [2.24, 2.45) is 58.0 Å². The predicted octanol–water partition coefficient (Wildman–Crippen LogP) is 7.87. The van der Waals surface area contributed by atoms with E-state index in [1.54, 1.807) is 18.1 Å². The molecule has 3 N–H and O–H groups in total. The summed E-state index contributed by atoms with van der Waals surface area (Å²) in [5.74, 6) is 5.62. The number of carbonyl (C=O) groups excluding carboxylic acids is 1. The summed E-state index contributed by atoms with van der Waals surface area (Å²) in [6.07, 6.45) is 20.3. The smallest absolute Gasteiger partial charge is 0.323 e. The second kappa shape index (κ2) is 11.9. The average Bonchev–Trinajstić information content (AvgIpc) is 3.56. The molecule has 0 bridgehead atoms. The molecule has 0 saturated heterocycles. The Morgan fingerprint density at radius 3 is 2.62 bits per heavy atom. The first-order valence-electron chi connectivity index (χ1n) is 16.7. The van der Waals surface area contributed by atoms with E-state index in [9.17, 15) is 4.79 Å². The summed E-state index contributed by atoms with van der Waals surface area (Å²) in [5.41, 5.74) is 9.39. The molecule has 3 fully saturated rings. The van der Waals surface area contributed by atoms with Crippen LogP contribution in [0.1, 0.15) is 118 Å². The van der Waals surface area contributed by atoms with E-state index >= 15 is 0 Å². The van der Waals surface area contributed by atoms with Gasteiger partial charge in [0.2, 0.25) is 0 Å². The van der Waals surface area contributed by atoms with Gasteiger partial charge in [0.05, 0.1) is 6.33 Å². The van der Waals surface area contributed by atoms with Crippen LogP contribution in [-0.2, 0) is 16.0 Å². The number of allylic oxidation sites excluding steroid dienone is 1. The third-order valence-corrected chi connectivity index (χ3v) is 12.9. The number of carbonyl (C=O) groups is 1. The third-order valence-electron chi connectivity index (χ3n) is 12.9. The normalized spacial score (nSPS) is 37.6. The Balaban J connectivity index is 1.21. The number of aromatic nitrogens is 2. The van der Waals surface area contributed by atoms with Crippen LogP contribution >= 0.6 is 0 Å². The number of hydrogen-bond donors (Lipinski definition) is 2. The van der Waals surface area contributed by atoms with E-state index in [2.05, 4.69) is 57.6 Å². The quantitative estimate of drug-likeness (QED) is 0.229. The number of H-pyrrole nitrogens is 1. The number of nitrogens with two attached hydrogens (primary N) is 1. The summed E-state index contributed by atoms with van der Waals surface area (Å²) < 4.78 is 5.98. The van der Waals surface area contributed by atoms with Crippen molar-refractivity contribution in [3.63, 3.8) is 0 Å². The Morgan fingerprint density at radius 2 is 1.93 bits per heavy atom. The summed E-state index contributed by atoms with van der Waals surface area (Å²) in [4.78, 5) is 19.8.